The van der Waals surface area contributed by atoms with Crippen molar-refractivity contribution in [3.8, 4) is 0 Å². The molecular weight excluding hydrogens is 252 g/mol. The van der Waals surface area contributed by atoms with Crippen LogP contribution >= 0.6 is 0 Å². The molecule has 0 aromatic carbocycles. The van der Waals surface area contributed by atoms with Gasteiger partial charge in [0.1, 0.15) is 0 Å². The molecular formula is C16H34N2O2. The highest BCUT2D eigenvalue weighted by atomic mass is 16.5. The Morgan fingerprint density at radius 3 is 2.10 bits per heavy atom. The predicted octanol–water partition coefficient (Wildman–Crippen LogP) is 3.52. The fraction of sp³-hybridized carbons (Fsp3) is 0.938. The number of amides is 1. The Kier molecular flexibility index (Phi) is 9.64. The molecule has 120 valence electrons. The van der Waals surface area contributed by atoms with Crippen LogP contribution in [0.1, 0.15) is 52.9 Å². The first-order valence-corrected chi connectivity index (χ1v) is 7.89. The predicted molar refractivity (Wildman–Crippen MR) is 85.0 cm³/mol. The first-order valence-electron chi connectivity index (χ1n) is 7.89. The van der Waals surface area contributed by atoms with E-state index in [0.717, 1.165) is 19.0 Å². The molecule has 0 aromatic rings. The molecule has 2 aliphatic rings. The van der Waals surface area contributed by atoms with Crippen LogP contribution < -0.4 is 5.32 Å². The molecule has 1 amide bonds. The van der Waals surface area contributed by atoms with E-state index in [9.17, 15) is 4.79 Å². The average Bonchev–Trinajstić information content (AvgIpc) is 2.80. The Morgan fingerprint density at radius 1 is 1.30 bits per heavy atom. The lowest BCUT2D eigenvalue weighted by Gasteiger charge is -2.47. The Hall–Kier alpha value is -0.770. The Labute approximate surface area is 125 Å². The maximum atomic E-state index is 11.1. The van der Waals surface area contributed by atoms with Crippen molar-refractivity contribution in [1.29, 1.82) is 0 Å². The SMILES string of the molecule is CCCC.CNC.COC(=O)N1CC2(CCC(C)C2)C1. The van der Waals surface area contributed by atoms with Crippen LogP contribution in [-0.4, -0.2) is 45.3 Å². The van der Waals surface area contributed by atoms with Crippen LogP contribution in [0.15, 0.2) is 0 Å². The number of carbonyl (C=O) groups excluding carboxylic acids is 1. The maximum Gasteiger partial charge on any atom is 0.409 e. The molecule has 1 aliphatic carbocycles. The molecule has 1 saturated carbocycles. The van der Waals surface area contributed by atoms with Crippen LogP contribution in [-0.2, 0) is 4.74 Å². The smallest absolute Gasteiger partial charge is 0.409 e. The van der Waals surface area contributed by atoms with Crippen molar-refractivity contribution in [3.63, 3.8) is 0 Å². The van der Waals surface area contributed by atoms with Crippen LogP contribution in [0.5, 0.6) is 0 Å². The lowest BCUT2D eigenvalue weighted by Crippen LogP contribution is -2.57. The van der Waals surface area contributed by atoms with Crippen molar-refractivity contribution in [3.05, 3.63) is 0 Å². The van der Waals surface area contributed by atoms with Crippen molar-refractivity contribution in [1.82, 2.24) is 10.2 Å². The highest BCUT2D eigenvalue weighted by Crippen LogP contribution is 2.47. The summed E-state index contributed by atoms with van der Waals surface area (Å²) >= 11 is 0. The topological polar surface area (TPSA) is 41.6 Å². The van der Waals surface area contributed by atoms with Gasteiger partial charge in [-0.05, 0) is 32.9 Å². The molecule has 2 rings (SSSR count). The van der Waals surface area contributed by atoms with E-state index in [4.69, 9.17) is 0 Å². The highest BCUT2D eigenvalue weighted by Gasteiger charge is 2.48. The van der Waals surface area contributed by atoms with E-state index in [1.807, 2.05) is 14.1 Å². The summed E-state index contributed by atoms with van der Waals surface area (Å²) in [5.41, 5.74) is 0.466. The van der Waals surface area contributed by atoms with Gasteiger partial charge in [-0.1, -0.05) is 40.0 Å². The van der Waals surface area contributed by atoms with Crippen molar-refractivity contribution < 1.29 is 9.53 Å². The van der Waals surface area contributed by atoms with Crippen LogP contribution in [0.3, 0.4) is 0 Å². The summed E-state index contributed by atoms with van der Waals surface area (Å²) in [5, 5.41) is 2.75. The van der Waals surface area contributed by atoms with Crippen molar-refractivity contribution in [2.24, 2.45) is 11.3 Å². The number of hydrogen-bond acceptors (Lipinski definition) is 3. The van der Waals surface area contributed by atoms with Crippen molar-refractivity contribution >= 4 is 6.09 Å². The molecule has 1 spiro atoms. The maximum absolute atomic E-state index is 11.1. The quantitative estimate of drug-likeness (QED) is 0.802. The Bertz CT molecular complexity index is 261. The average molecular weight is 286 g/mol. The standard InChI is InChI=1S/C10H17NO2.C4H10.C2H7N/c1-8-3-4-10(5-8)6-11(7-10)9(12)13-2;1-3-4-2;1-3-2/h8H,3-7H2,1-2H3;3-4H2,1-2H3;3H,1-2H3. The molecule has 1 unspecified atom stereocenters. The highest BCUT2D eigenvalue weighted by molar-refractivity contribution is 5.68. The summed E-state index contributed by atoms with van der Waals surface area (Å²) < 4.78 is 4.67. The van der Waals surface area contributed by atoms with Gasteiger partial charge < -0.3 is 15.0 Å². The second-order valence-electron chi connectivity index (χ2n) is 6.17. The Balaban J connectivity index is 0.000000438. The summed E-state index contributed by atoms with van der Waals surface area (Å²) in [4.78, 5) is 12.9. The normalized spacial score (nSPS) is 22.1. The summed E-state index contributed by atoms with van der Waals surface area (Å²) in [6.07, 6.45) is 6.39. The van der Waals surface area contributed by atoms with Crippen molar-refractivity contribution in [2.45, 2.75) is 52.9 Å². The molecule has 1 aliphatic heterocycles. The van der Waals surface area contributed by atoms with Gasteiger partial charge in [-0.3, -0.25) is 0 Å². The second kappa shape index (κ2) is 10.0. The third-order valence-corrected chi connectivity index (χ3v) is 3.93. The minimum absolute atomic E-state index is 0.162. The number of nitrogens with zero attached hydrogens (tertiary/aromatic N) is 1. The number of nitrogens with one attached hydrogen (secondary N) is 1. The molecule has 0 radical (unpaired) electrons. The molecule has 1 saturated heterocycles. The third-order valence-electron chi connectivity index (χ3n) is 3.93. The van der Waals surface area contributed by atoms with E-state index in [2.05, 4.69) is 30.8 Å². The van der Waals surface area contributed by atoms with E-state index < -0.39 is 0 Å². The molecule has 1 atom stereocenters. The zero-order valence-corrected chi connectivity index (χ0v) is 14.3. The number of hydrogen-bond donors (Lipinski definition) is 1. The number of methoxy groups -OCH3 is 1. The van der Waals surface area contributed by atoms with Crippen LogP contribution in [0.4, 0.5) is 4.79 Å². The van der Waals surface area contributed by atoms with Gasteiger partial charge in [0.05, 0.1) is 7.11 Å². The summed E-state index contributed by atoms with van der Waals surface area (Å²) in [6, 6.07) is 0. The van der Waals surface area contributed by atoms with Gasteiger partial charge in [-0.25, -0.2) is 4.79 Å². The molecule has 0 aromatic heterocycles. The number of carbonyl (C=O) groups is 1. The van der Waals surface area contributed by atoms with E-state index in [-0.39, 0.29) is 6.09 Å². The summed E-state index contributed by atoms with van der Waals surface area (Å²) in [5.74, 6) is 0.847. The van der Waals surface area contributed by atoms with Gasteiger partial charge in [0.15, 0.2) is 0 Å². The minimum Gasteiger partial charge on any atom is -0.453 e. The molecule has 1 N–H and O–H groups in total. The zero-order valence-electron chi connectivity index (χ0n) is 14.3. The van der Waals surface area contributed by atoms with E-state index in [0.29, 0.717) is 5.41 Å². The van der Waals surface area contributed by atoms with Gasteiger partial charge in [0.25, 0.3) is 0 Å². The lowest BCUT2D eigenvalue weighted by atomic mass is 9.78. The summed E-state index contributed by atoms with van der Waals surface area (Å²) in [7, 11) is 5.20. The number of unbranched alkanes of at least 4 members (excludes halogenated alkanes) is 1. The first-order chi connectivity index (χ1) is 9.48. The zero-order chi connectivity index (χ0) is 15.6. The van der Waals surface area contributed by atoms with Crippen LogP contribution in [0.25, 0.3) is 0 Å². The fourth-order valence-corrected chi connectivity index (χ4v) is 2.80. The number of rotatable bonds is 1. The fourth-order valence-electron chi connectivity index (χ4n) is 2.80. The van der Waals surface area contributed by atoms with Gasteiger partial charge >= 0.3 is 6.09 Å². The van der Waals surface area contributed by atoms with Gasteiger partial charge in [-0.2, -0.15) is 0 Å². The lowest BCUT2D eigenvalue weighted by molar-refractivity contribution is 0.00562. The van der Waals surface area contributed by atoms with E-state index in [1.165, 1.54) is 39.2 Å². The van der Waals surface area contributed by atoms with E-state index in [1.54, 1.807) is 4.90 Å². The molecule has 4 nitrogen and oxygen atoms in total. The minimum atomic E-state index is -0.162. The molecule has 1 heterocycles. The van der Waals surface area contributed by atoms with Gasteiger partial charge in [0, 0.05) is 18.5 Å². The largest absolute Gasteiger partial charge is 0.453 e. The van der Waals surface area contributed by atoms with Gasteiger partial charge in [0.2, 0.25) is 0 Å². The monoisotopic (exact) mass is 286 g/mol. The second-order valence-corrected chi connectivity index (χ2v) is 6.17. The molecule has 0 bridgehead atoms. The number of ether oxygens (including phenoxy) is 1. The summed E-state index contributed by atoms with van der Waals surface area (Å²) in [6.45, 7) is 8.50. The first kappa shape index (κ1) is 19.2. The number of likely N-dealkylation sites (tertiary alicyclic amines) is 1. The van der Waals surface area contributed by atoms with Crippen LogP contribution in [0, 0.1) is 11.3 Å². The molecule has 20 heavy (non-hydrogen) atoms. The van der Waals surface area contributed by atoms with Crippen molar-refractivity contribution in [2.75, 3.05) is 34.3 Å². The van der Waals surface area contributed by atoms with Crippen LogP contribution in [0.2, 0.25) is 0 Å². The van der Waals surface area contributed by atoms with E-state index >= 15 is 0 Å². The molecule has 4 heteroatoms. The van der Waals surface area contributed by atoms with Gasteiger partial charge in [-0.15, -0.1) is 0 Å². The Morgan fingerprint density at radius 2 is 1.80 bits per heavy atom. The third kappa shape index (κ3) is 6.12. The molecule has 2 fully saturated rings.